The molecule has 0 unspecified atom stereocenters. The molecule has 3 aliphatic rings. The lowest BCUT2D eigenvalue weighted by atomic mass is 9.47. The molecule has 6 rings (SSSR count). The van der Waals surface area contributed by atoms with Crippen LogP contribution in [0.4, 0.5) is 0 Å². The van der Waals surface area contributed by atoms with Gasteiger partial charge in [0.15, 0.2) is 5.78 Å². The lowest BCUT2D eigenvalue weighted by molar-refractivity contribution is -0.157. The summed E-state index contributed by atoms with van der Waals surface area (Å²) in [5, 5.41) is 10.2. The molecule has 1 aliphatic heterocycles. The first-order valence-electron chi connectivity index (χ1n) is 14.0. The Hall–Kier alpha value is -2.97. The largest absolute Gasteiger partial charge is 0.494 e. The van der Waals surface area contributed by atoms with Crippen molar-refractivity contribution in [2.45, 2.75) is 84.5 Å². The maximum absolute atomic E-state index is 13.5. The number of fused-ring (bicyclic) bond motifs is 1. The number of benzene rings is 1. The number of rotatable bonds is 7. The first-order valence-corrected chi connectivity index (χ1v) is 14.0. The molecular weight excluding hydrogens is 491 g/mol. The molecule has 3 heterocycles. The third-order valence-corrected chi connectivity index (χ3v) is 9.78. The van der Waals surface area contributed by atoms with Gasteiger partial charge in [-0.3, -0.25) is 14.6 Å². The Morgan fingerprint density at radius 3 is 2.28 bits per heavy atom. The van der Waals surface area contributed by atoms with Crippen molar-refractivity contribution in [3.63, 3.8) is 0 Å². The number of hydrogen-bond acceptors (Lipinski definition) is 5. The maximum Gasteiger partial charge on any atom is 0.494 e. The lowest BCUT2D eigenvalue weighted by Crippen LogP contribution is -2.50. The predicted octanol–water partition coefficient (Wildman–Crippen LogP) is 5.16. The smallest absolute Gasteiger partial charge is 0.481 e. The van der Waals surface area contributed by atoms with Gasteiger partial charge in [0, 0.05) is 36.4 Å². The molecule has 8 heteroatoms. The monoisotopic (exact) mass is 528 g/mol. The van der Waals surface area contributed by atoms with Crippen LogP contribution in [0, 0.1) is 24.2 Å². The van der Waals surface area contributed by atoms with Gasteiger partial charge in [-0.25, -0.2) is 0 Å². The minimum absolute atomic E-state index is 0.123. The van der Waals surface area contributed by atoms with Gasteiger partial charge in [0.05, 0.1) is 28.2 Å². The first kappa shape index (κ1) is 26.3. The molecule has 1 saturated heterocycles. The van der Waals surface area contributed by atoms with Crippen molar-refractivity contribution in [3.8, 4) is 0 Å². The minimum atomic E-state index is -0.684. The highest BCUT2D eigenvalue weighted by atomic mass is 16.7. The van der Waals surface area contributed by atoms with Gasteiger partial charge in [-0.2, -0.15) is 0 Å². The van der Waals surface area contributed by atoms with Crippen molar-refractivity contribution in [2.75, 3.05) is 0 Å². The van der Waals surface area contributed by atoms with Crippen molar-refractivity contribution in [1.29, 1.82) is 0 Å². The molecule has 0 amide bonds. The molecule has 2 aliphatic carbocycles. The fourth-order valence-electron chi connectivity index (χ4n) is 6.82. The molecule has 1 N–H and O–H groups in total. The van der Waals surface area contributed by atoms with E-state index in [1.807, 2.05) is 19.2 Å². The van der Waals surface area contributed by atoms with Gasteiger partial charge in [-0.1, -0.05) is 24.3 Å². The fourth-order valence-corrected chi connectivity index (χ4v) is 6.82. The third-order valence-electron chi connectivity index (χ3n) is 9.78. The van der Waals surface area contributed by atoms with Gasteiger partial charge in [0.2, 0.25) is 0 Å². The SMILES string of the molecule is Cc1ncc(C(=O)CC2CC3(C2)CC(C(=O)O)C3)c2c1ccn2Cc1ccc(B2OC(C)(C)C(C)(C)O2)cc1. The van der Waals surface area contributed by atoms with Crippen LogP contribution in [0.25, 0.3) is 10.9 Å². The molecule has 39 heavy (non-hydrogen) atoms. The average Bonchev–Trinajstić information content (AvgIpc) is 3.32. The van der Waals surface area contributed by atoms with E-state index >= 15 is 0 Å². The highest BCUT2D eigenvalue weighted by Crippen LogP contribution is 2.62. The molecule has 1 aromatic carbocycles. The number of carbonyl (C=O) groups excluding carboxylic acids is 1. The second kappa shape index (κ2) is 9.03. The number of hydrogen-bond donors (Lipinski definition) is 1. The van der Waals surface area contributed by atoms with E-state index in [9.17, 15) is 14.7 Å². The summed E-state index contributed by atoms with van der Waals surface area (Å²) < 4.78 is 14.5. The Labute approximate surface area is 230 Å². The lowest BCUT2D eigenvalue weighted by Gasteiger charge is -2.56. The highest BCUT2D eigenvalue weighted by Gasteiger charge is 2.55. The molecular formula is C31H37BN2O5. The number of aromatic nitrogens is 2. The van der Waals surface area contributed by atoms with Gasteiger partial charge in [0.25, 0.3) is 0 Å². The number of aliphatic carboxylic acids is 1. The van der Waals surface area contributed by atoms with Crippen molar-refractivity contribution < 1.29 is 24.0 Å². The van der Waals surface area contributed by atoms with E-state index in [2.05, 4.69) is 61.5 Å². The van der Waals surface area contributed by atoms with Gasteiger partial charge in [-0.15, -0.1) is 0 Å². The second-order valence-corrected chi connectivity index (χ2v) is 13.1. The van der Waals surface area contributed by atoms with Gasteiger partial charge in [0.1, 0.15) is 0 Å². The first-order chi connectivity index (χ1) is 18.4. The summed E-state index contributed by atoms with van der Waals surface area (Å²) in [4.78, 5) is 29.2. The molecule has 0 atom stereocenters. The second-order valence-electron chi connectivity index (χ2n) is 13.1. The normalized spacial score (nSPS) is 26.9. The van der Waals surface area contributed by atoms with Crippen LogP contribution in [0.1, 0.15) is 81.4 Å². The highest BCUT2D eigenvalue weighted by molar-refractivity contribution is 6.62. The zero-order valence-corrected chi connectivity index (χ0v) is 23.5. The fraction of sp³-hybridized carbons (Fsp3) is 0.516. The van der Waals surface area contributed by atoms with E-state index in [4.69, 9.17) is 9.31 Å². The van der Waals surface area contributed by atoms with E-state index in [-0.39, 0.29) is 28.3 Å². The zero-order chi connectivity index (χ0) is 27.7. The van der Waals surface area contributed by atoms with Crippen molar-refractivity contribution in [2.24, 2.45) is 17.3 Å². The van der Waals surface area contributed by atoms with Crippen LogP contribution in [0.2, 0.25) is 0 Å². The molecule has 2 saturated carbocycles. The summed E-state index contributed by atoms with van der Waals surface area (Å²) in [5.74, 6) is -0.430. The van der Waals surface area contributed by atoms with Crippen LogP contribution < -0.4 is 5.46 Å². The van der Waals surface area contributed by atoms with Crippen molar-refractivity contribution in [1.82, 2.24) is 9.55 Å². The predicted molar refractivity (Wildman–Crippen MR) is 150 cm³/mol. The van der Waals surface area contributed by atoms with Crippen molar-refractivity contribution in [3.05, 3.63) is 59.5 Å². The number of carboxylic acids is 1. The van der Waals surface area contributed by atoms with Crippen LogP contribution in [0.3, 0.4) is 0 Å². The Morgan fingerprint density at radius 2 is 1.67 bits per heavy atom. The maximum atomic E-state index is 13.5. The van der Waals surface area contributed by atoms with Crippen LogP contribution in [-0.2, 0) is 20.6 Å². The molecule has 7 nitrogen and oxygen atoms in total. The topological polar surface area (TPSA) is 90.7 Å². The standard InChI is InChI=1S/C31H37BN2O5/c1-19-24-10-11-34(18-20-6-8-23(9-7-20)32-38-29(2,3)30(4,5)39-32)27(24)25(17-33-19)26(35)12-21-13-31(14-21)15-22(16-31)28(36)37/h6-11,17,21-22H,12-16,18H2,1-5H3,(H,36,37). The summed E-state index contributed by atoms with van der Waals surface area (Å²) >= 11 is 0. The molecule has 2 aromatic heterocycles. The Bertz CT molecular complexity index is 1430. The third kappa shape index (κ3) is 4.51. The van der Waals surface area contributed by atoms with Gasteiger partial charge >= 0.3 is 13.1 Å². The van der Waals surface area contributed by atoms with E-state index in [0.717, 1.165) is 53.3 Å². The summed E-state index contributed by atoms with van der Waals surface area (Å²) in [7, 11) is -0.394. The zero-order valence-electron chi connectivity index (χ0n) is 23.5. The number of aryl methyl sites for hydroxylation is 1. The summed E-state index contributed by atoms with van der Waals surface area (Å²) in [6.45, 7) is 10.8. The van der Waals surface area contributed by atoms with E-state index in [0.29, 0.717) is 24.4 Å². The number of Topliss-reactive ketones (excluding diaryl/α,β-unsaturated/α-hetero) is 1. The quantitative estimate of drug-likeness (QED) is 0.337. The van der Waals surface area contributed by atoms with E-state index in [1.54, 1.807) is 6.20 Å². The Morgan fingerprint density at radius 1 is 1.03 bits per heavy atom. The number of carbonyl (C=O) groups is 2. The summed E-state index contributed by atoms with van der Waals surface area (Å²) in [5.41, 5.74) is 4.04. The summed E-state index contributed by atoms with van der Waals surface area (Å²) in [6, 6.07) is 10.4. The van der Waals surface area contributed by atoms with Crippen LogP contribution in [0.15, 0.2) is 42.7 Å². The van der Waals surface area contributed by atoms with Gasteiger partial charge in [-0.05, 0) is 88.7 Å². The average molecular weight is 528 g/mol. The molecule has 3 aromatic rings. The molecule has 0 bridgehead atoms. The van der Waals surface area contributed by atoms with Crippen molar-refractivity contribution >= 4 is 35.2 Å². The summed E-state index contributed by atoms with van der Waals surface area (Å²) in [6.07, 6.45) is 7.71. The molecule has 0 radical (unpaired) electrons. The molecule has 1 spiro atoms. The van der Waals surface area contributed by atoms with E-state index < -0.39 is 13.1 Å². The number of nitrogens with zero attached hydrogens (tertiary/aromatic N) is 2. The number of pyridine rings is 1. The van der Waals surface area contributed by atoms with Crippen LogP contribution in [0.5, 0.6) is 0 Å². The minimum Gasteiger partial charge on any atom is -0.481 e. The number of carboxylic acid groups (broad SMARTS) is 1. The van der Waals surface area contributed by atoms with Crippen LogP contribution >= 0.6 is 0 Å². The molecule has 3 fully saturated rings. The van der Waals surface area contributed by atoms with Gasteiger partial charge < -0.3 is 19.0 Å². The molecule has 204 valence electrons. The van der Waals surface area contributed by atoms with Crippen LogP contribution in [-0.4, -0.2) is 44.7 Å². The number of ketones is 1. The Kier molecular flexibility index (Phi) is 6.08. The Balaban J connectivity index is 1.17. The van der Waals surface area contributed by atoms with E-state index in [1.165, 1.54) is 0 Å².